The Hall–Kier alpha value is -3.02. The molecule has 0 radical (unpaired) electrons. The van der Waals surface area contributed by atoms with Crippen molar-refractivity contribution < 1.29 is 26.7 Å². The fourth-order valence-corrected chi connectivity index (χ4v) is 2.61. The lowest BCUT2D eigenvalue weighted by molar-refractivity contribution is -0.223. The quantitative estimate of drug-likeness (QED) is 0.398. The van der Waals surface area contributed by atoms with Crippen molar-refractivity contribution in [2.75, 3.05) is 0 Å². The van der Waals surface area contributed by atoms with E-state index >= 15 is 0 Å². The van der Waals surface area contributed by atoms with Crippen molar-refractivity contribution in [1.82, 2.24) is 0 Å². The van der Waals surface area contributed by atoms with Crippen LogP contribution in [0.3, 0.4) is 0 Å². The number of halogens is 5. The normalized spacial score (nSPS) is 12.0. The van der Waals surface area contributed by atoms with Gasteiger partial charge in [-0.25, -0.2) is 4.39 Å². The lowest BCUT2D eigenvalue weighted by Crippen LogP contribution is -2.35. The Balaban J connectivity index is 1.90. The fraction of sp³-hybridized carbons (Fsp3) is 0.0952. The molecule has 6 heteroatoms. The van der Waals surface area contributed by atoms with E-state index in [4.69, 9.17) is 0 Å². The number of hydrogen-bond acceptors (Lipinski definition) is 1. The summed E-state index contributed by atoms with van der Waals surface area (Å²) in [6.07, 6.45) is 0. The Morgan fingerprint density at radius 1 is 0.593 bits per heavy atom. The molecule has 0 N–H and O–H groups in total. The second-order valence-electron chi connectivity index (χ2n) is 5.93. The van der Waals surface area contributed by atoms with Crippen molar-refractivity contribution in [3.05, 3.63) is 107 Å². The summed E-state index contributed by atoms with van der Waals surface area (Å²) in [4.78, 5) is 12.3. The minimum absolute atomic E-state index is 0.0317. The van der Waals surface area contributed by atoms with E-state index in [0.29, 0.717) is 0 Å². The van der Waals surface area contributed by atoms with Gasteiger partial charge in [0.1, 0.15) is 5.82 Å². The molecule has 0 saturated carbocycles. The molecule has 0 heterocycles. The van der Waals surface area contributed by atoms with E-state index in [1.165, 1.54) is 30.3 Å². The number of ketones is 1. The van der Waals surface area contributed by atoms with Gasteiger partial charge in [0, 0.05) is 22.3 Å². The first-order chi connectivity index (χ1) is 12.7. The van der Waals surface area contributed by atoms with Gasteiger partial charge < -0.3 is 0 Å². The Morgan fingerprint density at radius 2 is 1.00 bits per heavy atom. The number of benzene rings is 3. The van der Waals surface area contributed by atoms with Gasteiger partial charge in [-0.05, 0) is 24.3 Å². The van der Waals surface area contributed by atoms with Gasteiger partial charge in [0.15, 0.2) is 5.78 Å². The zero-order chi connectivity index (χ0) is 19.7. The Bertz CT molecular complexity index is 933. The van der Waals surface area contributed by atoms with Gasteiger partial charge in [0.25, 0.3) is 0 Å². The van der Waals surface area contributed by atoms with Crippen LogP contribution >= 0.6 is 0 Å². The highest BCUT2D eigenvalue weighted by Gasteiger charge is 2.58. The lowest BCUT2D eigenvalue weighted by Gasteiger charge is -2.27. The minimum Gasteiger partial charge on any atom is -0.289 e. The summed E-state index contributed by atoms with van der Waals surface area (Å²) in [5, 5.41) is 0. The number of rotatable bonds is 5. The van der Waals surface area contributed by atoms with Crippen LogP contribution in [0.25, 0.3) is 0 Å². The van der Waals surface area contributed by atoms with Gasteiger partial charge in [0.2, 0.25) is 0 Å². The van der Waals surface area contributed by atoms with E-state index in [2.05, 4.69) is 0 Å². The molecule has 3 aromatic rings. The molecule has 0 amide bonds. The molecule has 0 aromatic heterocycles. The molecule has 0 unspecified atom stereocenters. The molecule has 0 atom stereocenters. The van der Waals surface area contributed by atoms with Crippen LogP contribution in [0.2, 0.25) is 0 Å². The van der Waals surface area contributed by atoms with E-state index < -0.39 is 34.6 Å². The highest BCUT2D eigenvalue weighted by atomic mass is 19.3. The predicted molar refractivity (Wildman–Crippen MR) is 90.5 cm³/mol. The maximum absolute atomic E-state index is 14.4. The van der Waals surface area contributed by atoms with E-state index in [1.54, 1.807) is 0 Å². The second kappa shape index (κ2) is 6.95. The summed E-state index contributed by atoms with van der Waals surface area (Å²) in [6.45, 7) is 0. The zero-order valence-electron chi connectivity index (χ0n) is 13.8. The molecule has 138 valence electrons. The van der Waals surface area contributed by atoms with E-state index in [9.17, 15) is 26.7 Å². The molecule has 3 aromatic carbocycles. The Kier molecular flexibility index (Phi) is 4.83. The van der Waals surface area contributed by atoms with Gasteiger partial charge in [0.05, 0.1) is 0 Å². The smallest absolute Gasteiger partial charge is 0.289 e. The fourth-order valence-electron chi connectivity index (χ4n) is 2.61. The monoisotopic (exact) mass is 376 g/mol. The van der Waals surface area contributed by atoms with Crippen LogP contribution < -0.4 is 0 Å². The SMILES string of the molecule is O=C(c1ccc(F)cc1)c1ccc(C(F)(F)C(F)(F)c2ccccc2)cc1. The topological polar surface area (TPSA) is 17.1 Å². The number of alkyl halides is 4. The summed E-state index contributed by atoms with van der Waals surface area (Å²) in [5.41, 5.74) is -1.52. The van der Waals surface area contributed by atoms with Gasteiger partial charge in [-0.2, -0.15) is 17.6 Å². The molecule has 0 aliphatic heterocycles. The highest BCUT2D eigenvalue weighted by Crippen LogP contribution is 2.49. The molecule has 1 nitrogen and oxygen atoms in total. The van der Waals surface area contributed by atoms with Crippen LogP contribution in [0.4, 0.5) is 22.0 Å². The van der Waals surface area contributed by atoms with Crippen molar-refractivity contribution in [2.24, 2.45) is 0 Å². The molecular formula is C21H13F5O. The summed E-state index contributed by atoms with van der Waals surface area (Å²) < 4.78 is 70.5. The average Bonchev–Trinajstić information content (AvgIpc) is 2.68. The maximum atomic E-state index is 14.4. The van der Waals surface area contributed by atoms with Crippen LogP contribution in [0, 0.1) is 5.82 Å². The summed E-state index contributed by atoms with van der Waals surface area (Å²) in [5.74, 6) is -9.94. The van der Waals surface area contributed by atoms with Crippen molar-refractivity contribution in [2.45, 2.75) is 11.8 Å². The maximum Gasteiger partial charge on any atom is 0.339 e. The van der Waals surface area contributed by atoms with Crippen LogP contribution in [0.1, 0.15) is 27.0 Å². The Morgan fingerprint density at radius 3 is 1.48 bits per heavy atom. The van der Waals surface area contributed by atoms with Gasteiger partial charge >= 0.3 is 11.8 Å². The lowest BCUT2D eigenvalue weighted by atomic mass is 9.94. The predicted octanol–water partition coefficient (Wildman–Crippen LogP) is 5.94. The highest BCUT2D eigenvalue weighted by molar-refractivity contribution is 6.08. The Labute approximate surface area is 152 Å². The van der Waals surface area contributed by atoms with Crippen molar-refractivity contribution in [1.29, 1.82) is 0 Å². The third kappa shape index (κ3) is 3.47. The number of hydrogen-bond donors (Lipinski definition) is 0. The average molecular weight is 376 g/mol. The minimum atomic E-state index is -4.47. The van der Waals surface area contributed by atoms with Crippen LogP contribution in [-0.2, 0) is 11.8 Å². The first-order valence-electron chi connectivity index (χ1n) is 7.95. The molecule has 27 heavy (non-hydrogen) atoms. The molecular weight excluding hydrogens is 363 g/mol. The molecule has 0 saturated heterocycles. The van der Waals surface area contributed by atoms with Gasteiger partial charge in [-0.15, -0.1) is 0 Å². The summed E-state index contributed by atoms with van der Waals surface area (Å²) in [7, 11) is 0. The van der Waals surface area contributed by atoms with Crippen LogP contribution in [0.5, 0.6) is 0 Å². The standard InChI is InChI=1S/C21H13F5O/c22-18-12-8-15(9-13-18)19(27)14-6-10-17(11-7-14)21(25,26)20(23,24)16-4-2-1-3-5-16/h1-13H. The molecule has 0 aliphatic carbocycles. The molecule has 0 spiro atoms. The van der Waals surface area contributed by atoms with Gasteiger partial charge in [-0.3, -0.25) is 4.79 Å². The van der Waals surface area contributed by atoms with Crippen molar-refractivity contribution in [3.63, 3.8) is 0 Å². The second-order valence-corrected chi connectivity index (χ2v) is 5.93. The van der Waals surface area contributed by atoms with Crippen LogP contribution in [0.15, 0.2) is 78.9 Å². The van der Waals surface area contributed by atoms with E-state index in [-0.39, 0.29) is 11.1 Å². The summed E-state index contributed by atoms with van der Waals surface area (Å²) in [6, 6.07) is 14.2. The first-order valence-corrected chi connectivity index (χ1v) is 7.95. The van der Waals surface area contributed by atoms with Crippen LogP contribution in [-0.4, -0.2) is 5.78 Å². The van der Waals surface area contributed by atoms with Gasteiger partial charge in [-0.1, -0.05) is 54.6 Å². The third-order valence-corrected chi connectivity index (χ3v) is 4.15. The van der Waals surface area contributed by atoms with Crippen molar-refractivity contribution in [3.8, 4) is 0 Å². The molecule has 0 bridgehead atoms. The molecule has 3 rings (SSSR count). The largest absolute Gasteiger partial charge is 0.339 e. The first kappa shape index (κ1) is 18.8. The number of carbonyl (C=O) groups is 1. The van der Waals surface area contributed by atoms with E-state index in [1.807, 2.05) is 0 Å². The summed E-state index contributed by atoms with van der Waals surface area (Å²) >= 11 is 0. The number of carbonyl (C=O) groups excluding carboxylic acids is 1. The van der Waals surface area contributed by atoms with Crippen molar-refractivity contribution >= 4 is 5.78 Å². The zero-order valence-corrected chi connectivity index (χ0v) is 13.8. The molecule has 0 aliphatic rings. The molecule has 0 fully saturated rings. The third-order valence-electron chi connectivity index (χ3n) is 4.15. The van der Waals surface area contributed by atoms with E-state index in [0.717, 1.165) is 48.5 Å².